The van der Waals surface area contributed by atoms with Crippen molar-refractivity contribution in [3.8, 4) is 0 Å². The molecule has 0 saturated carbocycles. The molecule has 0 aliphatic rings. The summed E-state index contributed by atoms with van der Waals surface area (Å²) in [5, 5.41) is 4.34. The third-order valence-electron chi connectivity index (χ3n) is 2.53. The largest absolute Gasteiger partial charge is 0.338 e. The molecule has 18 heavy (non-hydrogen) atoms. The molecule has 0 amide bonds. The number of anilines is 2. The maximum absolute atomic E-state index is 4.38. The van der Waals surface area contributed by atoms with E-state index in [0.717, 1.165) is 27.0 Å². The first-order valence-corrected chi connectivity index (χ1v) is 6.20. The van der Waals surface area contributed by atoms with Gasteiger partial charge in [0.1, 0.15) is 16.7 Å². The Bertz CT molecular complexity index is 694. The van der Waals surface area contributed by atoms with Crippen molar-refractivity contribution in [3.63, 3.8) is 0 Å². The van der Waals surface area contributed by atoms with Crippen LogP contribution in [0.1, 0.15) is 0 Å². The summed E-state index contributed by atoms with van der Waals surface area (Å²) in [6, 6.07) is 11.8. The molecule has 0 saturated heterocycles. The number of halogens is 1. The normalized spacial score (nSPS) is 10.5. The highest BCUT2D eigenvalue weighted by molar-refractivity contribution is 9.10. The highest BCUT2D eigenvalue weighted by Crippen LogP contribution is 2.24. The van der Waals surface area contributed by atoms with Gasteiger partial charge in [0.2, 0.25) is 0 Å². The van der Waals surface area contributed by atoms with E-state index in [-0.39, 0.29) is 0 Å². The monoisotopic (exact) mass is 300 g/mol. The van der Waals surface area contributed by atoms with Crippen LogP contribution in [0.5, 0.6) is 0 Å². The molecule has 5 heteroatoms. The fourth-order valence-electron chi connectivity index (χ4n) is 1.74. The first kappa shape index (κ1) is 11.1. The van der Waals surface area contributed by atoms with Gasteiger partial charge in [-0.15, -0.1) is 0 Å². The minimum Gasteiger partial charge on any atom is -0.338 e. The van der Waals surface area contributed by atoms with E-state index in [1.807, 2.05) is 36.4 Å². The standard InChI is InChI=1S/C13H9BrN4/c14-11-7-12(17-8-16-11)18-10-5-1-3-9-4-2-6-15-13(9)10/h1-8H,(H,16,17,18). The summed E-state index contributed by atoms with van der Waals surface area (Å²) in [5.41, 5.74) is 1.86. The predicted molar refractivity (Wildman–Crippen MR) is 74.8 cm³/mol. The molecule has 2 aromatic heterocycles. The summed E-state index contributed by atoms with van der Waals surface area (Å²) >= 11 is 3.32. The number of nitrogens with one attached hydrogen (secondary N) is 1. The second-order valence-electron chi connectivity index (χ2n) is 3.73. The Labute approximate surface area is 112 Å². The fourth-order valence-corrected chi connectivity index (χ4v) is 2.05. The molecule has 0 radical (unpaired) electrons. The maximum Gasteiger partial charge on any atom is 0.134 e. The molecular formula is C13H9BrN4. The van der Waals surface area contributed by atoms with E-state index < -0.39 is 0 Å². The van der Waals surface area contributed by atoms with Gasteiger partial charge in [0.15, 0.2) is 0 Å². The molecule has 0 atom stereocenters. The minimum absolute atomic E-state index is 0.732. The van der Waals surface area contributed by atoms with E-state index >= 15 is 0 Å². The van der Waals surface area contributed by atoms with Crippen molar-refractivity contribution < 1.29 is 0 Å². The van der Waals surface area contributed by atoms with Gasteiger partial charge in [0.05, 0.1) is 11.2 Å². The molecule has 0 bridgehead atoms. The zero-order valence-corrected chi connectivity index (χ0v) is 10.9. The van der Waals surface area contributed by atoms with Gasteiger partial charge in [0.25, 0.3) is 0 Å². The topological polar surface area (TPSA) is 50.7 Å². The average Bonchev–Trinajstić information content (AvgIpc) is 2.39. The number of pyridine rings is 1. The quantitative estimate of drug-likeness (QED) is 0.736. The first-order valence-electron chi connectivity index (χ1n) is 5.41. The predicted octanol–water partition coefficient (Wildman–Crippen LogP) is 3.53. The van der Waals surface area contributed by atoms with Gasteiger partial charge in [0, 0.05) is 17.6 Å². The van der Waals surface area contributed by atoms with E-state index in [1.165, 1.54) is 6.33 Å². The first-order chi connectivity index (χ1) is 8.83. The van der Waals surface area contributed by atoms with Gasteiger partial charge >= 0.3 is 0 Å². The Morgan fingerprint density at radius 2 is 1.89 bits per heavy atom. The van der Waals surface area contributed by atoms with E-state index in [0.29, 0.717) is 0 Å². The van der Waals surface area contributed by atoms with Crippen LogP contribution >= 0.6 is 15.9 Å². The molecule has 2 heterocycles. The van der Waals surface area contributed by atoms with Gasteiger partial charge in [-0.3, -0.25) is 4.98 Å². The number of hydrogen-bond donors (Lipinski definition) is 1. The summed E-state index contributed by atoms with van der Waals surface area (Å²) in [5.74, 6) is 0.732. The zero-order chi connectivity index (χ0) is 12.4. The fraction of sp³-hybridized carbons (Fsp3) is 0. The van der Waals surface area contributed by atoms with Crippen LogP contribution in [0.4, 0.5) is 11.5 Å². The number of nitrogens with zero attached hydrogens (tertiary/aromatic N) is 3. The van der Waals surface area contributed by atoms with E-state index in [1.54, 1.807) is 6.20 Å². The van der Waals surface area contributed by atoms with Crippen molar-refractivity contribution in [1.82, 2.24) is 15.0 Å². The van der Waals surface area contributed by atoms with Crippen LogP contribution in [0, 0.1) is 0 Å². The molecule has 0 aliphatic carbocycles. The van der Waals surface area contributed by atoms with Gasteiger partial charge < -0.3 is 5.32 Å². The van der Waals surface area contributed by atoms with Crippen molar-refractivity contribution in [2.75, 3.05) is 5.32 Å². The second-order valence-corrected chi connectivity index (χ2v) is 4.54. The van der Waals surface area contributed by atoms with E-state index in [9.17, 15) is 0 Å². The van der Waals surface area contributed by atoms with Crippen LogP contribution < -0.4 is 5.32 Å². The molecular weight excluding hydrogens is 292 g/mol. The molecule has 3 rings (SSSR count). The summed E-state index contributed by atoms with van der Waals surface area (Å²) < 4.78 is 0.744. The Balaban J connectivity index is 2.05. The van der Waals surface area contributed by atoms with Crippen LogP contribution in [0.3, 0.4) is 0 Å². The van der Waals surface area contributed by atoms with Gasteiger partial charge in [-0.1, -0.05) is 18.2 Å². The Kier molecular flexibility index (Phi) is 2.90. The van der Waals surface area contributed by atoms with Gasteiger partial charge in [-0.05, 0) is 28.1 Å². The van der Waals surface area contributed by atoms with Gasteiger partial charge in [-0.2, -0.15) is 0 Å². The van der Waals surface area contributed by atoms with Crippen LogP contribution in [-0.4, -0.2) is 15.0 Å². The summed E-state index contributed by atoms with van der Waals surface area (Å²) in [6.07, 6.45) is 3.29. The lowest BCUT2D eigenvalue weighted by Gasteiger charge is -2.07. The van der Waals surface area contributed by atoms with Crippen LogP contribution in [0.2, 0.25) is 0 Å². The summed E-state index contributed by atoms with van der Waals surface area (Å²) in [7, 11) is 0. The van der Waals surface area contributed by atoms with Crippen molar-refractivity contribution in [2.45, 2.75) is 0 Å². The van der Waals surface area contributed by atoms with Crippen LogP contribution in [-0.2, 0) is 0 Å². The summed E-state index contributed by atoms with van der Waals surface area (Å²) in [4.78, 5) is 12.5. The molecule has 1 N–H and O–H groups in total. The SMILES string of the molecule is Brc1cc(Nc2cccc3cccnc23)ncn1. The van der Waals surface area contributed by atoms with Gasteiger partial charge in [-0.25, -0.2) is 9.97 Å². The lowest BCUT2D eigenvalue weighted by atomic mass is 10.2. The maximum atomic E-state index is 4.38. The number of rotatable bonds is 2. The van der Waals surface area contributed by atoms with Crippen molar-refractivity contribution >= 4 is 38.3 Å². The Hall–Kier alpha value is -2.01. The highest BCUT2D eigenvalue weighted by atomic mass is 79.9. The van der Waals surface area contributed by atoms with Crippen molar-refractivity contribution in [2.24, 2.45) is 0 Å². The average molecular weight is 301 g/mol. The molecule has 4 nitrogen and oxygen atoms in total. The number of para-hydroxylation sites is 1. The molecule has 0 spiro atoms. The van der Waals surface area contributed by atoms with Crippen LogP contribution in [0.15, 0.2) is 53.5 Å². The number of hydrogen-bond acceptors (Lipinski definition) is 4. The lowest BCUT2D eigenvalue weighted by molar-refractivity contribution is 1.14. The molecule has 0 unspecified atom stereocenters. The number of benzene rings is 1. The van der Waals surface area contributed by atoms with E-state index in [4.69, 9.17) is 0 Å². The summed E-state index contributed by atoms with van der Waals surface area (Å²) in [6.45, 7) is 0. The van der Waals surface area contributed by atoms with Crippen molar-refractivity contribution in [3.05, 3.63) is 53.5 Å². The Morgan fingerprint density at radius 1 is 1.00 bits per heavy atom. The van der Waals surface area contributed by atoms with Crippen molar-refractivity contribution in [1.29, 1.82) is 0 Å². The molecule has 0 fully saturated rings. The third kappa shape index (κ3) is 2.17. The van der Waals surface area contributed by atoms with Crippen LogP contribution in [0.25, 0.3) is 10.9 Å². The second kappa shape index (κ2) is 4.70. The van der Waals surface area contributed by atoms with E-state index in [2.05, 4.69) is 36.2 Å². The highest BCUT2D eigenvalue weighted by Gasteiger charge is 2.03. The Morgan fingerprint density at radius 3 is 2.78 bits per heavy atom. The molecule has 0 aliphatic heterocycles. The lowest BCUT2D eigenvalue weighted by Crippen LogP contribution is -1.95. The molecule has 3 aromatic rings. The number of fused-ring (bicyclic) bond motifs is 1. The molecule has 1 aromatic carbocycles. The minimum atomic E-state index is 0.732. The third-order valence-corrected chi connectivity index (χ3v) is 2.96. The molecule has 88 valence electrons. The number of aromatic nitrogens is 3. The smallest absolute Gasteiger partial charge is 0.134 e. The zero-order valence-electron chi connectivity index (χ0n) is 9.34.